The van der Waals surface area contributed by atoms with Gasteiger partial charge in [0.25, 0.3) is 0 Å². The van der Waals surface area contributed by atoms with E-state index in [9.17, 15) is 5.11 Å². The summed E-state index contributed by atoms with van der Waals surface area (Å²) in [7, 11) is 0. The summed E-state index contributed by atoms with van der Waals surface area (Å²) < 4.78 is 2.34. The topological polar surface area (TPSA) is 37.2 Å². The zero-order chi connectivity index (χ0) is 24.9. The van der Waals surface area contributed by atoms with Crippen LogP contribution in [-0.2, 0) is 13.0 Å². The quantitative estimate of drug-likeness (QED) is 0.231. The lowest BCUT2D eigenvalue weighted by Crippen LogP contribution is -2.31. The molecular weight excluding hydrogens is 440 g/mol. The monoisotopic (exact) mass is 474 g/mol. The summed E-state index contributed by atoms with van der Waals surface area (Å²) in [5.74, 6) is 0. The van der Waals surface area contributed by atoms with Crippen LogP contribution in [0.4, 0.5) is 0 Å². The van der Waals surface area contributed by atoms with Crippen LogP contribution in [0.3, 0.4) is 0 Å². The molecule has 1 heterocycles. The third-order valence-corrected chi connectivity index (χ3v) is 6.81. The highest BCUT2D eigenvalue weighted by Gasteiger charge is 2.23. The molecule has 4 aromatic carbocycles. The van der Waals surface area contributed by atoms with Gasteiger partial charge in [0.15, 0.2) is 0 Å². The number of benzene rings is 4. The number of aromatic nitrogens is 1. The molecule has 0 spiro atoms. The summed E-state index contributed by atoms with van der Waals surface area (Å²) in [5.41, 5.74) is 9.73. The van der Waals surface area contributed by atoms with Gasteiger partial charge in [-0.15, -0.1) is 0 Å². The standard InChI is InChI=1S/C33H34N2O/c1-24-20-25(2)32-30(21-24)31(27-14-8-4-9-15-27)33(28-16-10-5-11-17-28)35(32)23-29(36)22-34-19-18-26-12-6-3-7-13-26/h3-17,20-21,29,34,36H,18-19,22-23H2,1-2H3. The van der Waals surface area contributed by atoms with E-state index >= 15 is 0 Å². The second-order valence-corrected chi connectivity index (χ2v) is 9.64. The Morgan fingerprint density at radius 2 is 1.39 bits per heavy atom. The maximum atomic E-state index is 11.2. The molecular formula is C33H34N2O. The van der Waals surface area contributed by atoms with E-state index in [1.807, 2.05) is 6.07 Å². The fourth-order valence-electron chi connectivity index (χ4n) is 5.28. The second kappa shape index (κ2) is 10.9. The van der Waals surface area contributed by atoms with Gasteiger partial charge in [-0.2, -0.15) is 0 Å². The van der Waals surface area contributed by atoms with Gasteiger partial charge < -0.3 is 15.0 Å². The van der Waals surface area contributed by atoms with E-state index in [4.69, 9.17) is 0 Å². The van der Waals surface area contributed by atoms with Gasteiger partial charge in [-0.1, -0.05) is 103 Å². The van der Waals surface area contributed by atoms with Crippen molar-refractivity contribution in [1.29, 1.82) is 0 Å². The van der Waals surface area contributed by atoms with Crippen LogP contribution in [0.5, 0.6) is 0 Å². The van der Waals surface area contributed by atoms with Crippen molar-refractivity contribution in [2.24, 2.45) is 0 Å². The number of aryl methyl sites for hydroxylation is 2. The van der Waals surface area contributed by atoms with Crippen LogP contribution < -0.4 is 5.32 Å². The van der Waals surface area contributed by atoms with E-state index in [1.54, 1.807) is 0 Å². The molecule has 0 aliphatic carbocycles. The Morgan fingerprint density at radius 3 is 2.06 bits per heavy atom. The van der Waals surface area contributed by atoms with Crippen molar-refractivity contribution in [2.75, 3.05) is 13.1 Å². The molecule has 3 heteroatoms. The zero-order valence-corrected chi connectivity index (χ0v) is 21.1. The molecule has 1 atom stereocenters. The second-order valence-electron chi connectivity index (χ2n) is 9.64. The minimum atomic E-state index is -0.511. The van der Waals surface area contributed by atoms with Crippen LogP contribution in [0.1, 0.15) is 16.7 Å². The summed E-state index contributed by atoms with van der Waals surface area (Å²) in [5, 5.41) is 15.9. The molecule has 5 aromatic rings. The van der Waals surface area contributed by atoms with Gasteiger partial charge >= 0.3 is 0 Å². The van der Waals surface area contributed by atoms with Crippen molar-refractivity contribution in [3.63, 3.8) is 0 Å². The highest BCUT2D eigenvalue weighted by molar-refractivity contribution is 6.06. The lowest BCUT2D eigenvalue weighted by Gasteiger charge is -2.18. The van der Waals surface area contributed by atoms with Gasteiger partial charge in [-0.25, -0.2) is 0 Å². The van der Waals surface area contributed by atoms with Gasteiger partial charge in [0.05, 0.1) is 23.9 Å². The molecule has 0 saturated carbocycles. The number of nitrogens with zero attached hydrogens (tertiary/aromatic N) is 1. The molecule has 0 saturated heterocycles. The van der Waals surface area contributed by atoms with Crippen LogP contribution in [0.25, 0.3) is 33.3 Å². The number of hydrogen-bond donors (Lipinski definition) is 2. The molecule has 0 aliphatic heterocycles. The lowest BCUT2D eigenvalue weighted by atomic mass is 9.97. The first-order valence-corrected chi connectivity index (χ1v) is 12.8. The van der Waals surface area contributed by atoms with Crippen LogP contribution in [0.15, 0.2) is 103 Å². The SMILES string of the molecule is Cc1cc(C)c2c(c1)c(-c1ccccc1)c(-c1ccccc1)n2CC(O)CNCCc1ccccc1. The van der Waals surface area contributed by atoms with E-state index in [2.05, 4.69) is 121 Å². The number of aliphatic hydroxyl groups is 1. The predicted molar refractivity (Wildman–Crippen MR) is 151 cm³/mol. The number of nitrogens with one attached hydrogen (secondary N) is 1. The molecule has 2 N–H and O–H groups in total. The van der Waals surface area contributed by atoms with Crippen molar-refractivity contribution in [3.05, 3.63) is 120 Å². The minimum absolute atomic E-state index is 0.511. The largest absolute Gasteiger partial charge is 0.390 e. The van der Waals surface area contributed by atoms with Crippen LogP contribution in [0.2, 0.25) is 0 Å². The normalized spacial score (nSPS) is 12.2. The summed E-state index contributed by atoms with van der Waals surface area (Å²) in [6.45, 7) is 6.25. The molecule has 0 amide bonds. The van der Waals surface area contributed by atoms with Crippen LogP contribution in [-0.4, -0.2) is 28.9 Å². The van der Waals surface area contributed by atoms with Crippen molar-refractivity contribution in [3.8, 4) is 22.4 Å². The Morgan fingerprint density at radius 1 is 0.778 bits per heavy atom. The highest BCUT2D eigenvalue weighted by atomic mass is 16.3. The van der Waals surface area contributed by atoms with Crippen molar-refractivity contribution >= 4 is 10.9 Å². The molecule has 3 nitrogen and oxygen atoms in total. The molecule has 0 radical (unpaired) electrons. The number of aliphatic hydroxyl groups excluding tert-OH is 1. The summed E-state index contributed by atoms with van der Waals surface area (Å²) in [6.07, 6.45) is 0.439. The molecule has 1 unspecified atom stereocenters. The summed E-state index contributed by atoms with van der Waals surface area (Å²) >= 11 is 0. The Hall–Kier alpha value is -3.66. The van der Waals surface area contributed by atoms with E-state index in [1.165, 1.54) is 38.7 Å². The zero-order valence-electron chi connectivity index (χ0n) is 21.1. The van der Waals surface area contributed by atoms with Crippen LogP contribution in [0, 0.1) is 13.8 Å². The summed E-state index contributed by atoms with van der Waals surface area (Å²) in [4.78, 5) is 0. The van der Waals surface area contributed by atoms with Crippen molar-refractivity contribution in [1.82, 2.24) is 9.88 Å². The van der Waals surface area contributed by atoms with Gasteiger partial charge in [0, 0.05) is 17.5 Å². The van der Waals surface area contributed by atoms with E-state index in [-0.39, 0.29) is 0 Å². The fraction of sp³-hybridized carbons (Fsp3) is 0.212. The number of fused-ring (bicyclic) bond motifs is 1. The van der Waals surface area contributed by atoms with Crippen molar-refractivity contribution in [2.45, 2.75) is 32.9 Å². The molecule has 1 aromatic heterocycles. The lowest BCUT2D eigenvalue weighted by molar-refractivity contribution is 0.154. The number of hydrogen-bond acceptors (Lipinski definition) is 2. The first-order valence-electron chi connectivity index (χ1n) is 12.8. The van der Waals surface area contributed by atoms with Crippen LogP contribution >= 0.6 is 0 Å². The third kappa shape index (κ3) is 5.13. The maximum absolute atomic E-state index is 11.2. The Balaban J connectivity index is 1.52. The van der Waals surface area contributed by atoms with E-state index < -0.39 is 6.10 Å². The van der Waals surface area contributed by atoms with Gasteiger partial charge in [-0.05, 0) is 55.1 Å². The molecule has 0 fully saturated rings. The Bertz CT molecular complexity index is 1420. The predicted octanol–water partition coefficient (Wildman–Crippen LogP) is 6.79. The maximum Gasteiger partial charge on any atom is 0.0843 e. The Kier molecular flexibility index (Phi) is 7.31. The highest BCUT2D eigenvalue weighted by Crippen LogP contribution is 2.42. The van der Waals surface area contributed by atoms with E-state index in [0.29, 0.717) is 13.1 Å². The van der Waals surface area contributed by atoms with Gasteiger partial charge in [0.2, 0.25) is 0 Å². The Labute approximate surface area is 214 Å². The average molecular weight is 475 g/mol. The fourth-order valence-corrected chi connectivity index (χ4v) is 5.28. The average Bonchev–Trinajstić information content (AvgIpc) is 3.22. The van der Waals surface area contributed by atoms with Crippen molar-refractivity contribution < 1.29 is 5.11 Å². The number of rotatable bonds is 9. The molecule has 0 bridgehead atoms. The molecule has 5 rings (SSSR count). The minimum Gasteiger partial charge on any atom is -0.390 e. The molecule has 36 heavy (non-hydrogen) atoms. The summed E-state index contributed by atoms with van der Waals surface area (Å²) in [6, 6.07) is 36.2. The smallest absolute Gasteiger partial charge is 0.0843 e. The molecule has 0 aliphatic rings. The van der Waals surface area contributed by atoms with Gasteiger partial charge in [0.1, 0.15) is 0 Å². The van der Waals surface area contributed by atoms with E-state index in [0.717, 1.165) is 24.2 Å². The third-order valence-electron chi connectivity index (χ3n) is 6.81. The van der Waals surface area contributed by atoms with Gasteiger partial charge in [-0.3, -0.25) is 0 Å². The first kappa shape index (κ1) is 24.1. The first-order chi connectivity index (χ1) is 17.6. The molecule has 182 valence electrons.